The third-order valence-electron chi connectivity index (χ3n) is 5.27. The van der Waals surface area contributed by atoms with Crippen molar-refractivity contribution < 1.29 is 19.8 Å². The zero-order valence-corrected chi connectivity index (χ0v) is 18.4. The van der Waals surface area contributed by atoms with E-state index in [0.29, 0.717) is 18.6 Å². The Bertz CT molecular complexity index is 684. The van der Waals surface area contributed by atoms with Gasteiger partial charge >= 0.3 is 5.97 Å². The molecule has 0 amide bonds. The molecule has 3 atom stereocenters. The van der Waals surface area contributed by atoms with Crippen molar-refractivity contribution in [2.45, 2.75) is 75.2 Å². The minimum absolute atomic E-state index is 0.0210. The first kappa shape index (κ1) is 23.1. The summed E-state index contributed by atoms with van der Waals surface area (Å²) in [6.45, 7) is 4.05. The van der Waals surface area contributed by atoms with E-state index >= 15 is 0 Å². The number of carbonyl (C=O) groups is 2. The summed E-state index contributed by atoms with van der Waals surface area (Å²) in [5, 5.41) is 20.9. The van der Waals surface area contributed by atoms with Crippen LogP contribution in [0.25, 0.3) is 0 Å². The Kier molecular flexibility index (Phi) is 9.18. The molecule has 1 aliphatic carbocycles. The van der Waals surface area contributed by atoms with E-state index in [2.05, 4.69) is 24.1 Å². The Morgan fingerprint density at radius 1 is 1.46 bits per heavy atom. The summed E-state index contributed by atoms with van der Waals surface area (Å²) in [5.41, 5.74) is -0.594. The molecule has 2 N–H and O–H groups in total. The third kappa shape index (κ3) is 7.33. The normalized spacial score (nSPS) is 22.0. The highest BCUT2D eigenvalue weighted by molar-refractivity contribution is 8.01. The lowest BCUT2D eigenvalue weighted by Gasteiger charge is -2.22. The zero-order valence-electron chi connectivity index (χ0n) is 16.7. The Labute approximate surface area is 175 Å². The summed E-state index contributed by atoms with van der Waals surface area (Å²) < 4.78 is 0.734. The predicted molar refractivity (Wildman–Crippen MR) is 114 cm³/mol. The summed E-state index contributed by atoms with van der Waals surface area (Å²) in [6.07, 6.45) is 11.2. The Morgan fingerprint density at radius 3 is 2.93 bits per heavy atom. The Balaban J connectivity index is 1.80. The molecule has 1 aromatic rings. The molecule has 0 radical (unpaired) electrons. The second-order valence-electron chi connectivity index (χ2n) is 7.80. The van der Waals surface area contributed by atoms with Crippen LogP contribution in [-0.4, -0.2) is 38.3 Å². The van der Waals surface area contributed by atoms with Gasteiger partial charge in [-0.2, -0.15) is 0 Å². The number of thioether (sulfide) groups is 1. The summed E-state index contributed by atoms with van der Waals surface area (Å²) in [4.78, 5) is 27.2. The number of unbranched alkanes of at least 4 members (excludes halogenated alkanes) is 2. The van der Waals surface area contributed by atoms with Crippen LogP contribution in [0.1, 0.15) is 75.7 Å². The number of nitrogens with zero attached hydrogens (tertiary/aromatic N) is 1. The largest absolute Gasteiger partial charge is 0.476 e. The van der Waals surface area contributed by atoms with Crippen LogP contribution < -0.4 is 0 Å². The van der Waals surface area contributed by atoms with Gasteiger partial charge in [0.2, 0.25) is 0 Å². The highest BCUT2D eigenvalue weighted by Gasteiger charge is 2.32. The van der Waals surface area contributed by atoms with Crippen LogP contribution in [0.4, 0.5) is 0 Å². The van der Waals surface area contributed by atoms with Crippen molar-refractivity contribution in [3.8, 4) is 0 Å². The molecular formula is C21H31NO4S2. The first-order valence-corrected chi connectivity index (χ1v) is 11.9. The van der Waals surface area contributed by atoms with E-state index in [-0.39, 0.29) is 17.5 Å². The maximum Gasteiger partial charge on any atom is 0.355 e. The standard InChI is InChI=1S/C21H31NO4S2/c1-3-4-5-11-21(2,26)12-6-7-15-8-9-18(23)16(15)10-13-27-20-22-17(14-28-20)19(24)25/h6-7,14-16,26H,3-5,8-13H2,1-2H3,(H,24,25)/b7-6+/t15-,16-,21+/m1/s1. The smallest absolute Gasteiger partial charge is 0.355 e. The van der Waals surface area contributed by atoms with Gasteiger partial charge in [0, 0.05) is 23.5 Å². The number of hydrogen-bond donors (Lipinski definition) is 2. The fourth-order valence-corrected chi connectivity index (χ4v) is 5.48. The van der Waals surface area contributed by atoms with Gasteiger partial charge in [-0.05, 0) is 38.5 Å². The highest BCUT2D eigenvalue weighted by atomic mass is 32.2. The lowest BCUT2D eigenvalue weighted by atomic mass is 9.90. The topological polar surface area (TPSA) is 87.5 Å². The van der Waals surface area contributed by atoms with Gasteiger partial charge in [0.15, 0.2) is 10.0 Å². The average Bonchev–Trinajstić information content (AvgIpc) is 3.23. The molecule has 0 aliphatic heterocycles. The van der Waals surface area contributed by atoms with Gasteiger partial charge < -0.3 is 10.2 Å². The van der Waals surface area contributed by atoms with E-state index in [9.17, 15) is 14.7 Å². The van der Waals surface area contributed by atoms with E-state index in [1.807, 2.05) is 6.92 Å². The van der Waals surface area contributed by atoms with Gasteiger partial charge in [-0.3, -0.25) is 4.79 Å². The minimum atomic E-state index is -1.01. The number of rotatable bonds is 12. The first-order chi connectivity index (χ1) is 13.3. The summed E-state index contributed by atoms with van der Waals surface area (Å²) >= 11 is 2.85. The van der Waals surface area contributed by atoms with Crippen molar-refractivity contribution in [2.75, 3.05) is 5.75 Å². The highest BCUT2D eigenvalue weighted by Crippen LogP contribution is 2.35. The van der Waals surface area contributed by atoms with Crippen LogP contribution >= 0.6 is 23.1 Å². The van der Waals surface area contributed by atoms with Crippen molar-refractivity contribution in [2.24, 2.45) is 11.8 Å². The number of allylic oxidation sites excluding steroid dienone is 1. The number of thiazole rings is 1. The number of Topliss-reactive ketones (excluding diaryl/α,β-unsaturated/α-hetero) is 1. The van der Waals surface area contributed by atoms with Crippen LogP contribution in [-0.2, 0) is 4.79 Å². The van der Waals surface area contributed by atoms with E-state index in [0.717, 1.165) is 48.6 Å². The Morgan fingerprint density at radius 2 is 2.25 bits per heavy atom. The molecular weight excluding hydrogens is 394 g/mol. The third-order valence-corrected chi connectivity index (χ3v) is 7.33. The number of aliphatic hydroxyl groups is 1. The van der Waals surface area contributed by atoms with E-state index in [4.69, 9.17) is 5.11 Å². The molecule has 1 fully saturated rings. The lowest BCUT2D eigenvalue weighted by Crippen LogP contribution is -2.23. The minimum Gasteiger partial charge on any atom is -0.476 e. The monoisotopic (exact) mass is 425 g/mol. The van der Waals surface area contributed by atoms with Crippen LogP contribution in [0.5, 0.6) is 0 Å². The van der Waals surface area contributed by atoms with E-state index in [1.54, 1.807) is 5.38 Å². The molecule has 156 valence electrons. The average molecular weight is 426 g/mol. The van der Waals surface area contributed by atoms with Gasteiger partial charge in [-0.15, -0.1) is 11.3 Å². The lowest BCUT2D eigenvalue weighted by molar-refractivity contribution is -0.121. The van der Waals surface area contributed by atoms with Crippen LogP contribution in [0, 0.1) is 11.8 Å². The number of aromatic carboxylic acids is 1. The van der Waals surface area contributed by atoms with Crippen molar-refractivity contribution in [1.29, 1.82) is 0 Å². The van der Waals surface area contributed by atoms with Crippen LogP contribution in [0.2, 0.25) is 0 Å². The number of carbonyl (C=O) groups excluding carboxylic acids is 1. The number of aromatic nitrogens is 1. The SMILES string of the molecule is CCCCC[C@](C)(O)C/C=C/[C@@H]1CCC(=O)[C@@H]1CCSc1nc(C(=O)O)cs1. The molecule has 0 bridgehead atoms. The van der Waals surface area contributed by atoms with Gasteiger partial charge in [0.1, 0.15) is 5.78 Å². The van der Waals surface area contributed by atoms with E-state index < -0.39 is 11.6 Å². The van der Waals surface area contributed by atoms with E-state index in [1.165, 1.54) is 23.1 Å². The molecule has 0 spiro atoms. The number of ketones is 1. The summed E-state index contributed by atoms with van der Waals surface area (Å²) in [6, 6.07) is 0. The molecule has 1 heterocycles. The van der Waals surface area contributed by atoms with Gasteiger partial charge in [0.05, 0.1) is 5.60 Å². The summed E-state index contributed by atoms with van der Waals surface area (Å²) in [5.74, 6) is 0.320. The molecule has 2 rings (SSSR count). The molecule has 0 saturated heterocycles. The molecule has 1 aliphatic rings. The maximum absolute atomic E-state index is 12.3. The molecule has 5 nitrogen and oxygen atoms in total. The fraction of sp³-hybridized carbons (Fsp3) is 0.667. The fourth-order valence-electron chi connectivity index (χ4n) is 3.59. The zero-order chi connectivity index (χ0) is 20.6. The van der Waals surface area contributed by atoms with Crippen molar-refractivity contribution in [3.63, 3.8) is 0 Å². The molecule has 28 heavy (non-hydrogen) atoms. The quantitative estimate of drug-likeness (QED) is 0.272. The van der Waals surface area contributed by atoms with Gasteiger partial charge in [-0.1, -0.05) is 50.1 Å². The molecule has 1 saturated carbocycles. The van der Waals surface area contributed by atoms with Crippen LogP contribution in [0.15, 0.2) is 21.9 Å². The summed E-state index contributed by atoms with van der Waals surface area (Å²) in [7, 11) is 0. The molecule has 7 heteroatoms. The van der Waals surface area contributed by atoms with Gasteiger partial charge in [0.25, 0.3) is 0 Å². The van der Waals surface area contributed by atoms with Gasteiger partial charge in [-0.25, -0.2) is 9.78 Å². The second-order valence-corrected chi connectivity index (χ2v) is 10.0. The predicted octanol–water partition coefficient (Wildman–Crippen LogP) is 5.20. The molecule has 0 aromatic carbocycles. The molecule has 1 aromatic heterocycles. The van der Waals surface area contributed by atoms with Crippen molar-refractivity contribution >= 4 is 34.9 Å². The second kappa shape index (κ2) is 11.1. The molecule has 0 unspecified atom stereocenters. The van der Waals surface area contributed by atoms with Crippen LogP contribution in [0.3, 0.4) is 0 Å². The number of carboxylic acids is 1. The number of hydrogen-bond acceptors (Lipinski definition) is 6. The maximum atomic E-state index is 12.3. The Hall–Kier alpha value is -1.18. The van der Waals surface area contributed by atoms with Crippen molar-refractivity contribution in [1.82, 2.24) is 4.98 Å². The van der Waals surface area contributed by atoms with Crippen molar-refractivity contribution in [3.05, 3.63) is 23.2 Å². The first-order valence-electron chi connectivity index (χ1n) is 10.1. The number of carboxylic acid groups (broad SMARTS) is 1.